The molecule has 0 fully saturated rings. The minimum Gasteiger partial charge on any atom is -0.496 e. The van der Waals surface area contributed by atoms with Crippen molar-refractivity contribution in [2.45, 2.75) is 6.54 Å². The van der Waals surface area contributed by atoms with Crippen molar-refractivity contribution in [3.05, 3.63) is 49.6 Å². The fourth-order valence-electron chi connectivity index (χ4n) is 1.72. The SMILES string of the molecule is COc1ccc(Cl)cc1CNC(=O)NNC(=O)c1ccc(Br)s1. The third-order valence-electron chi connectivity index (χ3n) is 2.77. The number of hydrazine groups is 1. The van der Waals surface area contributed by atoms with Gasteiger partial charge in [-0.3, -0.25) is 10.2 Å². The molecule has 2 aromatic rings. The summed E-state index contributed by atoms with van der Waals surface area (Å²) in [5, 5.41) is 3.14. The number of carbonyl (C=O) groups excluding carboxylic acids is 2. The second-order valence-corrected chi connectivity index (χ2v) is 7.22. The topological polar surface area (TPSA) is 79.5 Å². The van der Waals surface area contributed by atoms with Gasteiger partial charge in [0.2, 0.25) is 0 Å². The van der Waals surface area contributed by atoms with Gasteiger partial charge in [0.25, 0.3) is 5.91 Å². The van der Waals surface area contributed by atoms with Crippen LogP contribution >= 0.6 is 38.9 Å². The molecule has 23 heavy (non-hydrogen) atoms. The van der Waals surface area contributed by atoms with Crippen LogP contribution in [0.3, 0.4) is 0 Å². The van der Waals surface area contributed by atoms with Crippen molar-refractivity contribution in [3.63, 3.8) is 0 Å². The Hall–Kier alpha value is -1.77. The Balaban J connectivity index is 1.83. The summed E-state index contributed by atoms with van der Waals surface area (Å²) in [7, 11) is 1.53. The van der Waals surface area contributed by atoms with E-state index in [9.17, 15) is 9.59 Å². The van der Waals surface area contributed by atoms with Gasteiger partial charge in [-0.1, -0.05) is 11.6 Å². The van der Waals surface area contributed by atoms with Gasteiger partial charge in [-0.05, 0) is 46.3 Å². The number of hydrogen-bond acceptors (Lipinski definition) is 4. The number of benzene rings is 1. The Morgan fingerprint density at radius 3 is 2.70 bits per heavy atom. The van der Waals surface area contributed by atoms with Crippen LogP contribution in [-0.2, 0) is 6.54 Å². The Morgan fingerprint density at radius 1 is 1.26 bits per heavy atom. The predicted octanol–water partition coefficient (Wildman–Crippen LogP) is 3.32. The first kappa shape index (κ1) is 17.6. The van der Waals surface area contributed by atoms with Crippen molar-refractivity contribution in [2.24, 2.45) is 0 Å². The smallest absolute Gasteiger partial charge is 0.333 e. The lowest BCUT2D eigenvalue weighted by Gasteiger charge is -2.11. The summed E-state index contributed by atoms with van der Waals surface area (Å²) in [6, 6.07) is 7.97. The van der Waals surface area contributed by atoms with Crippen LogP contribution in [-0.4, -0.2) is 19.0 Å². The molecule has 3 amide bonds. The molecule has 1 heterocycles. The van der Waals surface area contributed by atoms with Crippen LogP contribution in [0.4, 0.5) is 4.79 Å². The van der Waals surface area contributed by atoms with Gasteiger partial charge in [-0.15, -0.1) is 11.3 Å². The molecule has 1 aromatic carbocycles. The monoisotopic (exact) mass is 417 g/mol. The van der Waals surface area contributed by atoms with E-state index in [2.05, 4.69) is 32.1 Å². The highest BCUT2D eigenvalue weighted by molar-refractivity contribution is 9.11. The molecule has 9 heteroatoms. The van der Waals surface area contributed by atoms with E-state index in [-0.39, 0.29) is 6.54 Å². The number of nitrogens with one attached hydrogen (secondary N) is 3. The highest BCUT2D eigenvalue weighted by Gasteiger charge is 2.10. The van der Waals surface area contributed by atoms with Gasteiger partial charge in [0.05, 0.1) is 15.8 Å². The van der Waals surface area contributed by atoms with Crippen LogP contribution < -0.4 is 20.9 Å². The average Bonchev–Trinajstić information content (AvgIpc) is 2.97. The molecular formula is C14H13BrClN3O3S. The van der Waals surface area contributed by atoms with Crippen molar-refractivity contribution >= 4 is 50.8 Å². The fourth-order valence-corrected chi connectivity index (χ4v) is 3.19. The second-order valence-electron chi connectivity index (χ2n) is 4.32. The quantitative estimate of drug-likeness (QED) is 0.667. The van der Waals surface area contributed by atoms with Crippen molar-refractivity contribution in [2.75, 3.05) is 7.11 Å². The molecule has 122 valence electrons. The van der Waals surface area contributed by atoms with Crippen LogP contribution in [0.25, 0.3) is 0 Å². The molecule has 0 atom stereocenters. The highest BCUT2D eigenvalue weighted by Crippen LogP contribution is 2.22. The lowest BCUT2D eigenvalue weighted by molar-refractivity contribution is 0.0940. The molecule has 0 radical (unpaired) electrons. The van der Waals surface area contributed by atoms with Crippen molar-refractivity contribution in [1.29, 1.82) is 0 Å². The molecule has 6 nitrogen and oxygen atoms in total. The minimum absolute atomic E-state index is 0.204. The molecule has 0 spiro atoms. The van der Waals surface area contributed by atoms with E-state index < -0.39 is 11.9 Å². The van der Waals surface area contributed by atoms with Crippen LogP contribution in [0.5, 0.6) is 5.75 Å². The molecule has 0 saturated heterocycles. The number of thiophene rings is 1. The van der Waals surface area contributed by atoms with Gasteiger partial charge < -0.3 is 10.1 Å². The third-order valence-corrected chi connectivity index (χ3v) is 4.63. The molecule has 1 aromatic heterocycles. The zero-order chi connectivity index (χ0) is 16.8. The lowest BCUT2D eigenvalue weighted by Crippen LogP contribution is -2.46. The molecule has 0 bridgehead atoms. The van der Waals surface area contributed by atoms with Crippen LogP contribution in [0.15, 0.2) is 34.1 Å². The Morgan fingerprint density at radius 2 is 2.04 bits per heavy atom. The maximum absolute atomic E-state index is 11.8. The summed E-state index contributed by atoms with van der Waals surface area (Å²) < 4.78 is 6.02. The lowest BCUT2D eigenvalue weighted by atomic mass is 10.2. The van der Waals surface area contributed by atoms with E-state index in [1.807, 2.05) is 0 Å². The molecule has 0 saturated carbocycles. The molecule has 0 aliphatic rings. The van der Waals surface area contributed by atoms with Crippen LogP contribution in [0.1, 0.15) is 15.2 Å². The summed E-state index contributed by atoms with van der Waals surface area (Å²) in [6.07, 6.45) is 0. The predicted molar refractivity (Wildman–Crippen MR) is 92.9 cm³/mol. The van der Waals surface area contributed by atoms with Gasteiger partial charge in [0, 0.05) is 17.1 Å². The normalized spacial score (nSPS) is 10.0. The number of rotatable bonds is 4. The Bertz CT molecular complexity index is 723. The standard InChI is InChI=1S/C14H13BrClN3O3S/c1-22-10-3-2-9(16)6-8(10)7-17-14(21)19-18-13(20)11-4-5-12(15)23-11/h2-6H,7H2,1H3,(H,18,20)(H2,17,19,21). The Kier molecular flexibility index (Phi) is 6.26. The maximum Gasteiger partial charge on any atom is 0.333 e. The van der Waals surface area contributed by atoms with E-state index >= 15 is 0 Å². The van der Waals surface area contributed by atoms with E-state index in [1.54, 1.807) is 30.3 Å². The van der Waals surface area contributed by atoms with Gasteiger partial charge in [0.15, 0.2) is 0 Å². The third kappa shape index (κ3) is 5.12. The first-order valence-corrected chi connectivity index (χ1v) is 8.40. The van der Waals surface area contributed by atoms with Crippen molar-refractivity contribution in [1.82, 2.24) is 16.2 Å². The molecule has 3 N–H and O–H groups in total. The largest absolute Gasteiger partial charge is 0.496 e. The van der Waals surface area contributed by atoms with Crippen molar-refractivity contribution < 1.29 is 14.3 Å². The maximum atomic E-state index is 11.8. The van der Waals surface area contributed by atoms with Crippen LogP contribution in [0, 0.1) is 0 Å². The molecule has 0 unspecified atom stereocenters. The van der Waals surface area contributed by atoms with Gasteiger partial charge in [0.1, 0.15) is 5.75 Å². The Labute approximate surface area is 150 Å². The zero-order valence-electron chi connectivity index (χ0n) is 12.0. The zero-order valence-corrected chi connectivity index (χ0v) is 15.1. The van der Waals surface area contributed by atoms with Crippen LogP contribution in [0.2, 0.25) is 5.02 Å². The van der Waals surface area contributed by atoms with E-state index in [0.717, 1.165) is 9.35 Å². The minimum atomic E-state index is -0.545. The summed E-state index contributed by atoms with van der Waals surface area (Å²) in [5.74, 6) is 0.221. The van der Waals surface area contributed by atoms with Gasteiger partial charge >= 0.3 is 6.03 Å². The van der Waals surface area contributed by atoms with E-state index in [4.69, 9.17) is 16.3 Å². The number of methoxy groups -OCH3 is 1. The summed E-state index contributed by atoms with van der Waals surface area (Å²) in [4.78, 5) is 24.0. The molecule has 2 rings (SSSR count). The summed E-state index contributed by atoms with van der Waals surface area (Å²) >= 11 is 10.5. The number of urea groups is 1. The van der Waals surface area contributed by atoms with E-state index in [0.29, 0.717) is 15.6 Å². The first-order chi connectivity index (χ1) is 11.0. The average molecular weight is 419 g/mol. The number of halogens is 2. The molecule has 0 aliphatic carbocycles. The van der Waals surface area contributed by atoms with E-state index in [1.165, 1.54) is 18.4 Å². The number of amides is 3. The number of ether oxygens (including phenoxy) is 1. The first-order valence-electron chi connectivity index (χ1n) is 6.41. The van der Waals surface area contributed by atoms with Gasteiger partial charge in [-0.25, -0.2) is 10.2 Å². The molecule has 0 aliphatic heterocycles. The number of hydrogen-bond donors (Lipinski definition) is 3. The summed E-state index contributed by atoms with van der Waals surface area (Å²) in [5.41, 5.74) is 5.33. The second kappa shape index (κ2) is 8.19. The van der Waals surface area contributed by atoms with Gasteiger partial charge in [-0.2, -0.15) is 0 Å². The summed E-state index contributed by atoms with van der Waals surface area (Å²) in [6.45, 7) is 0.204. The molecular weight excluding hydrogens is 406 g/mol. The fraction of sp³-hybridized carbons (Fsp3) is 0.143. The highest BCUT2D eigenvalue weighted by atomic mass is 79.9. The number of carbonyl (C=O) groups is 2. The van der Waals surface area contributed by atoms with Crippen molar-refractivity contribution in [3.8, 4) is 5.75 Å².